The predicted octanol–water partition coefficient (Wildman–Crippen LogP) is 3.43. The molecule has 1 heterocycles. The number of thioether (sulfide) groups is 1. The summed E-state index contributed by atoms with van der Waals surface area (Å²) in [6, 6.07) is 11.5. The number of hydrazone groups is 1. The van der Waals surface area contributed by atoms with E-state index in [0.717, 1.165) is 10.2 Å². The van der Waals surface area contributed by atoms with Gasteiger partial charge in [0.15, 0.2) is 0 Å². The number of rotatable bonds is 6. The molecule has 0 radical (unpaired) electrons. The van der Waals surface area contributed by atoms with Gasteiger partial charge in [0.2, 0.25) is 5.91 Å². The molecular weight excluding hydrogens is 340 g/mol. The maximum absolute atomic E-state index is 11.6. The fourth-order valence-electron chi connectivity index (χ4n) is 1.43. The Balaban J connectivity index is 1.69. The number of amides is 1. The second kappa shape index (κ2) is 7.91. The molecule has 1 aromatic heterocycles. The van der Waals surface area contributed by atoms with Gasteiger partial charge in [-0.05, 0) is 23.8 Å². The number of carbonyl (C=O) groups excluding carboxylic acids is 1. The van der Waals surface area contributed by atoms with E-state index >= 15 is 0 Å². The van der Waals surface area contributed by atoms with Crippen LogP contribution in [0.2, 0.25) is 0 Å². The average Bonchev–Trinajstić information content (AvgIpc) is 2.94. The lowest BCUT2D eigenvalue weighted by atomic mass is 10.2. The lowest BCUT2D eigenvalue weighted by Crippen LogP contribution is -2.19. The quantitative estimate of drug-likeness (QED) is 0.640. The van der Waals surface area contributed by atoms with E-state index in [4.69, 9.17) is 4.42 Å². The molecule has 0 spiro atoms. The van der Waals surface area contributed by atoms with Crippen LogP contribution in [-0.2, 0) is 10.5 Å². The van der Waals surface area contributed by atoms with Crippen molar-refractivity contribution in [2.75, 3.05) is 5.75 Å². The monoisotopic (exact) mass is 352 g/mol. The largest absolute Gasteiger partial charge is 0.463 e. The van der Waals surface area contributed by atoms with Crippen LogP contribution in [-0.4, -0.2) is 17.9 Å². The van der Waals surface area contributed by atoms with Gasteiger partial charge in [0, 0.05) is 10.2 Å². The van der Waals surface area contributed by atoms with Crippen LogP contribution in [0.3, 0.4) is 0 Å². The molecule has 0 aliphatic carbocycles. The van der Waals surface area contributed by atoms with Crippen LogP contribution < -0.4 is 5.43 Å². The molecule has 1 N–H and O–H groups in total. The summed E-state index contributed by atoms with van der Waals surface area (Å²) in [6.07, 6.45) is 3.02. The van der Waals surface area contributed by atoms with E-state index in [-0.39, 0.29) is 5.91 Å². The second-order valence-corrected chi connectivity index (χ2v) is 5.73. The van der Waals surface area contributed by atoms with Gasteiger partial charge < -0.3 is 4.42 Å². The Kier molecular flexibility index (Phi) is 5.88. The Morgan fingerprint density at radius 1 is 1.35 bits per heavy atom. The summed E-state index contributed by atoms with van der Waals surface area (Å²) in [6.45, 7) is 0. The number of hydrogen-bond donors (Lipinski definition) is 1. The highest BCUT2D eigenvalue weighted by Gasteiger charge is 2.02. The topological polar surface area (TPSA) is 54.6 Å². The molecular formula is C14H13BrN2O2S. The van der Waals surface area contributed by atoms with Crippen LogP contribution in [0.5, 0.6) is 0 Å². The summed E-state index contributed by atoms with van der Waals surface area (Å²) in [7, 11) is 0. The highest BCUT2D eigenvalue weighted by molar-refractivity contribution is 9.10. The first kappa shape index (κ1) is 14.9. The first-order valence-electron chi connectivity index (χ1n) is 5.92. The lowest BCUT2D eigenvalue weighted by molar-refractivity contribution is -0.118. The molecule has 20 heavy (non-hydrogen) atoms. The summed E-state index contributed by atoms with van der Waals surface area (Å²) < 4.78 is 6.12. The number of carbonyl (C=O) groups is 1. The molecule has 0 fully saturated rings. The molecule has 0 saturated heterocycles. The average molecular weight is 353 g/mol. The molecule has 0 aliphatic heterocycles. The van der Waals surface area contributed by atoms with E-state index in [9.17, 15) is 4.79 Å². The van der Waals surface area contributed by atoms with E-state index in [1.54, 1.807) is 18.4 Å². The van der Waals surface area contributed by atoms with Crippen LogP contribution in [0.4, 0.5) is 0 Å². The Hall–Kier alpha value is -1.53. The van der Waals surface area contributed by atoms with Crippen LogP contribution in [0.25, 0.3) is 0 Å². The van der Waals surface area contributed by atoms with Crippen molar-refractivity contribution in [2.24, 2.45) is 5.10 Å². The zero-order valence-electron chi connectivity index (χ0n) is 10.6. The van der Waals surface area contributed by atoms with Crippen molar-refractivity contribution in [3.8, 4) is 0 Å². The summed E-state index contributed by atoms with van der Waals surface area (Å²) in [5, 5.41) is 3.82. The molecule has 6 heteroatoms. The molecule has 0 saturated carbocycles. The second-order valence-electron chi connectivity index (χ2n) is 3.89. The van der Waals surface area contributed by atoms with Gasteiger partial charge in [-0.3, -0.25) is 4.79 Å². The number of halogens is 1. The first-order valence-corrected chi connectivity index (χ1v) is 7.87. The predicted molar refractivity (Wildman–Crippen MR) is 84.7 cm³/mol. The normalized spacial score (nSPS) is 10.8. The Labute approximate surface area is 129 Å². The third kappa shape index (κ3) is 4.86. The number of nitrogens with zero attached hydrogens (tertiary/aromatic N) is 1. The standard InChI is InChI=1S/C14H13BrN2O2S/c15-13-6-2-1-4-11(13)9-20-10-14(18)17-16-8-12-5-3-7-19-12/h1-8H,9-10H2,(H,17,18). The molecule has 0 aliphatic rings. The number of hydrogen-bond acceptors (Lipinski definition) is 4. The summed E-state index contributed by atoms with van der Waals surface area (Å²) >= 11 is 5.02. The van der Waals surface area contributed by atoms with Gasteiger partial charge in [0.05, 0.1) is 18.2 Å². The van der Waals surface area contributed by atoms with Crippen molar-refractivity contribution >= 4 is 39.8 Å². The molecule has 2 rings (SSSR count). The van der Waals surface area contributed by atoms with E-state index in [0.29, 0.717) is 11.5 Å². The molecule has 1 amide bonds. The first-order chi connectivity index (χ1) is 9.75. The molecule has 0 unspecified atom stereocenters. The summed E-state index contributed by atoms with van der Waals surface area (Å²) in [5.41, 5.74) is 3.63. The minimum atomic E-state index is -0.134. The Morgan fingerprint density at radius 3 is 2.95 bits per heavy atom. The van der Waals surface area contributed by atoms with Crippen molar-refractivity contribution in [1.82, 2.24) is 5.43 Å². The van der Waals surface area contributed by atoms with Crippen LogP contribution in [0.1, 0.15) is 11.3 Å². The third-order valence-electron chi connectivity index (χ3n) is 2.37. The maximum atomic E-state index is 11.6. The van der Waals surface area contributed by atoms with Gasteiger partial charge >= 0.3 is 0 Å². The zero-order valence-corrected chi connectivity index (χ0v) is 13.0. The molecule has 1 aromatic carbocycles. The number of nitrogens with one attached hydrogen (secondary N) is 1. The fraction of sp³-hybridized carbons (Fsp3) is 0.143. The summed E-state index contributed by atoms with van der Waals surface area (Å²) in [4.78, 5) is 11.6. The van der Waals surface area contributed by atoms with E-state index in [1.807, 2.05) is 24.3 Å². The van der Waals surface area contributed by atoms with Crippen molar-refractivity contribution in [1.29, 1.82) is 0 Å². The van der Waals surface area contributed by atoms with Crippen LogP contribution in [0, 0.1) is 0 Å². The van der Waals surface area contributed by atoms with Crippen molar-refractivity contribution < 1.29 is 9.21 Å². The molecule has 104 valence electrons. The SMILES string of the molecule is O=C(CSCc1ccccc1Br)NN=Cc1ccco1. The molecule has 4 nitrogen and oxygen atoms in total. The maximum Gasteiger partial charge on any atom is 0.250 e. The minimum Gasteiger partial charge on any atom is -0.463 e. The lowest BCUT2D eigenvalue weighted by Gasteiger charge is -2.03. The minimum absolute atomic E-state index is 0.134. The number of furan rings is 1. The highest BCUT2D eigenvalue weighted by Crippen LogP contribution is 2.20. The fourth-order valence-corrected chi connectivity index (χ4v) is 2.87. The van der Waals surface area contributed by atoms with Gasteiger partial charge in [-0.1, -0.05) is 34.1 Å². The summed E-state index contributed by atoms with van der Waals surface area (Å²) in [5.74, 6) is 1.60. The third-order valence-corrected chi connectivity index (χ3v) is 4.13. The zero-order chi connectivity index (χ0) is 14.2. The smallest absolute Gasteiger partial charge is 0.250 e. The molecule has 2 aromatic rings. The van der Waals surface area contributed by atoms with Gasteiger partial charge in [-0.2, -0.15) is 5.10 Å². The van der Waals surface area contributed by atoms with E-state index in [2.05, 4.69) is 26.5 Å². The van der Waals surface area contributed by atoms with Crippen LogP contribution in [0.15, 0.2) is 56.7 Å². The van der Waals surface area contributed by atoms with Crippen molar-refractivity contribution in [3.63, 3.8) is 0 Å². The van der Waals surface area contributed by atoms with Gasteiger partial charge in [-0.15, -0.1) is 11.8 Å². The van der Waals surface area contributed by atoms with Crippen molar-refractivity contribution in [3.05, 3.63) is 58.5 Å². The van der Waals surface area contributed by atoms with Crippen LogP contribution >= 0.6 is 27.7 Å². The van der Waals surface area contributed by atoms with E-state index in [1.165, 1.54) is 23.5 Å². The number of benzene rings is 1. The molecule has 0 bridgehead atoms. The van der Waals surface area contributed by atoms with Gasteiger partial charge in [-0.25, -0.2) is 5.43 Å². The highest BCUT2D eigenvalue weighted by atomic mass is 79.9. The van der Waals surface area contributed by atoms with Gasteiger partial charge in [0.1, 0.15) is 5.76 Å². The van der Waals surface area contributed by atoms with E-state index < -0.39 is 0 Å². The van der Waals surface area contributed by atoms with Gasteiger partial charge in [0.25, 0.3) is 0 Å². The molecule has 0 atom stereocenters. The van der Waals surface area contributed by atoms with Crippen molar-refractivity contribution in [2.45, 2.75) is 5.75 Å². The Morgan fingerprint density at radius 2 is 2.20 bits per heavy atom. The Bertz CT molecular complexity index is 585.